The second-order valence-electron chi connectivity index (χ2n) is 6.98. The SMILES string of the molecule is CC(C)(C)OC(=O)NC1=NC(C)(c2cccc(Br)c2)CC(C(=O)O)S1. The molecule has 1 heterocycles. The van der Waals surface area contributed by atoms with E-state index in [1.807, 2.05) is 31.2 Å². The molecule has 0 fully saturated rings. The van der Waals surface area contributed by atoms with E-state index >= 15 is 0 Å². The highest BCUT2D eigenvalue weighted by Crippen LogP contribution is 2.40. The van der Waals surface area contributed by atoms with Gasteiger partial charge in [0.05, 0.1) is 5.54 Å². The number of rotatable bonds is 2. The van der Waals surface area contributed by atoms with Gasteiger partial charge in [0, 0.05) is 4.47 Å². The van der Waals surface area contributed by atoms with E-state index in [2.05, 4.69) is 26.2 Å². The molecule has 2 unspecified atom stereocenters. The van der Waals surface area contributed by atoms with E-state index in [9.17, 15) is 14.7 Å². The van der Waals surface area contributed by atoms with Gasteiger partial charge in [0.2, 0.25) is 0 Å². The van der Waals surface area contributed by atoms with Crippen LogP contribution in [0.2, 0.25) is 0 Å². The number of amides is 1. The van der Waals surface area contributed by atoms with Crippen LogP contribution in [0.15, 0.2) is 33.7 Å². The molecule has 1 aliphatic heterocycles. The number of carbonyl (C=O) groups excluding carboxylic acids is 1. The average Bonchev–Trinajstić information content (AvgIpc) is 2.44. The van der Waals surface area contributed by atoms with Crippen molar-refractivity contribution in [1.82, 2.24) is 5.32 Å². The minimum atomic E-state index is -0.940. The second kappa shape index (κ2) is 7.37. The number of benzene rings is 1. The molecule has 25 heavy (non-hydrogen) atoms. The minimum absolute atomic E-state index is 0.246. The first-order chi connectivity index (χ1) is 11.5. The highest BCUT2D eigenvalue weighted by Gasteiger charge is 2.39. The average molecular weight is 429 g/mol. The smallest absolute Gasteiger partial charge is 0.413 e. The Morgan fingerprint density at radius 1 is 1.44 bits per heavy atom. The lowest BCUT2D eigenvalue weighted by Crippen LogP contribution is -2.42. The normalized spacial score (nSPS) is 23.6. The van der Waals surface area contributed by atoms with Crippen LogP contribution in [0.5, 0.6) is 0 Å². The number of alkyl carbamates (subject to hydrolysis) is 1. The molecular weight excluding hydrogens is 408 g/mol. The van der Waals surface area contributed by atoms with Crippen molar-refractivity contribution in [2.45, 2.75) is 50.5 Å². The standard InChI is InChI=1S/C17H21BrN2O4S/c1-16(2,3)24-15(23)19-14-20-17(4,9-12(25-14)13(21)22)10-6-5-7-11(18)8-10/h5-8,12H,9H2,1-4H3,(H,21,22)(H,19,20,23). The monoisotopic (exact) mass is 428 g/mol. The Hall–Kier alpha value is -1.54. The fourth-order valence-corrected chi connectivity index (χ4v) is 4.00. The fraction of sp³-hybridized carbons (Fsp3) is 0.471. The number of carboxylic acid groups (broad SMARTS) is 1. The number of nitrogens with one attached hydrogen (secondary N) is 1. The van der Waals surface area contributed by atoms with Crippen LogP contribution in [0.4, 0.5) is 4.79 Å². The van der Waals surface area contributed by atoms with Crippen molar-refractivity contribution in [3.8, 4) is 0 Å². The summed E-state index contributed by atoms with van der Waals surface area (Å²) < 4.78 is 6.11. The third-order valence-electron chi connectivity index (χ3n) is 3.51. The Morgan fingerprint density at radius 3 is 2.68 bits per heavy atom. The minimum Gasteiger partial charge on any atom is -0.480 e. The van der Waals surface area contributed by atoms with Crippen LogP contribution in [0.3, 0.4) is 0 Å². The molecule has 8 heteroatoms. The quantitative estimate of drug-likeness (QED) is 0.738. The van der Waals surface area contributed by atoms with Crippen molar-refractivity contribution in [3.63, 3.8) is 0 Å². The molecule has 1 amide bonds. The number of ether oxygens (including phenoxy) is 1. The molecule has 2 N–H and O–H groups in total. The summed E-state index contributed by atoms with van der Waals surface area (Å²) in [5.74, 6) is -0.940. The van der Waals surface area contributed by atoms with Gasteiger partial charge in [-0.1, -0.05) is 39.8 Å². The molecule has 0 spiro atoms. The third-order valence-corrected chi connectivity index (χ3v) is 5.08. The van der Waals surface area contributed by atoms with Crippen LogP contribution in [0, 0.1) is 0 Å². The Labute approximate surface area is 159 Å². The molecule has 1 aliphatic rings. The zero-order valence-corrected chi connectivity index (χ0v) is 16.9. The van der Waals surface area contributed by atoms with E-state index in [1.165, 1.54) is 0 Å². The van der Waals surface area contributed by atoms with Gasteiger partial charge in [-0.2, -0.15) is 0 Å². The molecule has 0 aromatic heterocycles. The molecular formula is C17H21BrN2O4S. The largest absolute Gasteiger partial charge is 0.480 e. The topological polar surface area (TPSA) is 88.0 Å². The lowest BCUT2D eigenvalue weighted by atomic mass is 9.87. The van der Waals surface area contributed by atoms with Gasteiger partial charge >= 0.3 is 12.1 Å². The number of thioether (sulfide) groups is 1. The van der Waals surface area contributed by atoms with Crippen molar-refractivity contribution >= 4 is 44.9 Å². The lowest BCUT2D eigenvalue weighted by Gasteiger charge is -2.34. The molecule has 1 aromatic rings. The van der Waals surface area contributed by atoms with Crippen LogP contribution in [0.1, 0.15) is 39.7 Å². The van der Waals surface area contributed by atoms with Crippen molar-refractivity contribution in [3.05, 3.63) is 34.3 Å². The molecule has 2 rings (SSSR count). The van der Waals surface area contributed by atoms with Crippen molar-refractivity contribution in [2.24, 2.45) is 4.99 Å². The zero-order valence-electron chi connectivity index (χ0n) is 14.5. The molecule has 0 bridgehead atoms. The summed E-state index contributed by atoms with van der Waals surface area (Å²) in [4.78, 5) is 28.2. The lowest BCUT2D eigenvalue weighted by molar-refractivity contribution is -0.136. The Kier molecular flexibility index (Phi) is 5.83. The van der Waals surface area contributed by atoms with E-state index in [-0.39, 0.29) is 5.17 Å². The number of hydrogen-bond donors (Lipinski definition) is 2. The van der Waals surface area contributed by atoms with Gasteiger partial charge in [-0.3, -0.25) is 15.1 Å². The van der Waals surface area contributed by atoms with Gasteiger partial charge in [0.15, 0.2) is 5.17 Å². The summed E-state index contributed by atoms with van der Waals surface area (Å²) in [6, 6.07) is 7.57. The van der Waals surface area contributed by atoms with E-state index in [4.69, 9.17) is 4.74 Å². The second-order valence-corrected chi connectivity index (χ2v) is 9.08. The Bertz CT molecular complexity index is 717. The first-order valence-electron chi connectivity index (χ1n) is 7.74. The maximum atomic E-state index is 12.0. The maximum absolute atomic E-state index is 12.0. The molecule has 0 saturated carbocycles. The predicted octanol–water partition coefficient (Wildman–Crippen LogP) is 4.14. The number of carbonyl (C=O) groups is 2. The predicted molar refractivity (Wildman–Crippen MR) is 102 cm³/mol. The highest BCUT2D eigenvalue weighted by molar-refractivity contribution is 9.10. The molecule has 0 radical (unpaired) electrons. The molecule has 0 aliphatic carbocycles. The van der Waals surface area contributed by atoms with Gasteiger partial charge < -0.3 is 9.84 Å². The van der Waals surface area contributed by atoms with Crippen LogP contribution >= 0.6 is 27.7 Å². The zero-order chi connectivity index (χ0) is 18.8. The van der Waals surface area contributed by atoms with E-state index in [1.54, 1.807) is 20.8 Å². The van der Waals surface area contributed by atoms with Gasteiger partial charge in [-0.15, -0.1) is 0 Å². The first kappa shape index (κ1) is 19.8. The first-order valence-corrected chi connectivity index (χ1v) is 9.41. The maximum Gasteiger partial charge on any atom is 0.413 e. The number of hydrogen-bond acceptors (Lipinski definition) is 5. The van der Waals surface area contributed by atoms with Gasteiger partial charge in [-0.25, -0.2) is 4.79 Å². The number of aliphatic carboxylic acids is 1. The number of carboxylic acids is 1. The number of halogens is 1. The third kappa shape index (κ3) is 5.47. The number of aliphatic imine (C=N–C) groups is 1. The number of nitrogens with zero attached hydrogens (tertiary/aromatic N) is 1. The molecule has 0 saturated heterocycles. The van der Waals surface area contributed by atoms with Crippen molar-refractivity contribution in [1.29, 1.82) is 0 Å². The van der Waals surface area contributed by atoms with Crippen LogP contribution in [-0.4, -0.2) is 33.2 Å². The molecule has 6 nitrogen and oxygen atoms in total. The van der Waals surface area contributed by atoms with Crippen molar-refractivity contribution in [2.75, 3.05) is 0 Å². The Balaban J connectivity index is 2.32. The van der Waals surface area contributed by atoms with Gasteiger partial charge in [0.1, 0.15) is 10.9 Å². The van der Waals surface area contributed by atoms with Crippen LogP contribution in [0.25, 0.3) is 0 Å². The summed E-state index contributed by atoms with van der Waals surface area (Å²) >= 11 is 4.45. The molecule has 136 valence electrons. The van der Waals surface area contributed by atoms with Crippen LogP contribution in [-0.2, 0) is 15.1 Å². The van der Waals surface area contributed by atoms with E-state index < -0.39 is 28.5 Å². The van der Waals surface area contributed by atoms with Gasteiger partial charge in [0.25, 0.3) is 0 Å². The van der Waals surface area contributed by atoms with Gasteiger partial charge in [-0.05, 0) is 51.8 Å². The number of amidine groups is 1. The summed E-state index contributed by atoms with van der Waals surface area (Å²) in [7, 11) is 0. The van der Waals surface area contributed by atoms with E-state index in [0.29, 0.717) is 6.42 Å². The van der Waals surface area contributed by atoms with E-state index in [0.717, 1.165) is 21.8 Å². The summed E-state index contributed by atoms with van der Waals surface area (Å²) in [5, 5.41) is 11.6. The Morgan fingerprint density at radius 2 is 2.12 bits per heavy atom. The van der Waals surface area contributed by atoms with Crippen LogP contribution < -0.4 is 5.32 Å². The molecule has 2 atom stereocenters. The van der Waals surface area contributed by atoms with Crippen molar-refractivity contribution < 1.29 is 19.4 Å². The fourth-order valence-electron chi connectivity index (χ4n) is 2.43. The molecule has 1 aromatic carbocycles. The summed E-state index contributed by atoms with van der Waals surface area (Å²) in [6.45, 7) is 7.14. The summed E-state index contributed by atoms with van der Waals surface area (Å²) in [5.41, 5.74) is -0.538. The highest BCUT2D eigenvalue weighted by atomic mass is 79.9. The summed E-state index contributed by atoms with van der Waals surface area (Å²) in [6.07, 6.45) is -0.329.